The molecular weight excluding hydrogens is 393 g/mol. The van der Waals surface area contributed by atoms with Crippen LogP contribution in [0.25, 0.3) is 0 Å². The largest absolute Gasteiger partial charge is 0.454 e. The first-order valence-corrected chi connectivity index (χ1v) is 7.60. The predicted octanol–water partition coefficient (Wildman–Crippen LogP) is 2.84. The fraction of sp³-hybridized carbons (Fsp3) is 0.562. The summed E-state index contributed by atoms with van der Waals surface area (Å²) in [6, 6.07) is 6.05. The summed E-state index contributed by atoms with van der Waals surface area (Å²) in [4.78, 5) is 6.74. The number of likely N-dealkylation sites (tertiary alicyclic amines) is 1. The molecule has 1 aromatic rings. The van der Waals surface area contributed by atoms with Gasteiger partial charge >= 0.3 is 0 Å². The van der Waals surface area contributed by atoms with Crippen LogP contribution in [0.1, 0.15) is 25.3 Å². The summed E-state index contributed by atoms with van der Waals surface area (Å²) in [5.74, 6) is 3.47. The molecule has 1 N–H and O–H groups in total. The molecule has 1 fully saturated rings. The molecular formula is C16H24IN3O2. The fourth-order valence-corrected chi connectivity index (χ4v) is 2.78. The Bertz CT molecular complexity index is 528. The van der Waals surface area contributed by atoms with Crippen molar-refractivity contribution in [1.29, 1.82) is 0 Å². The van der Waals surface area contributed by atoms with Crippen LogP contribution in [0.4, 0.5) is 0 Å². The summed E-state index contributed by atoms with van der Waals surface area (Å²) in [6.45, 7) is 5.55. The van der Waals surface area contributed by atoms with Gasteiger partial charge in [0, 0.05) is 26.7 Å². The van der Waals surface area contributed by atoms with Crippen molar-refractivity contribution in [3.8, 4) is 11.5 Å². The highest BCUT2D eigenvalue weighted by Crippen LogP contribution is 2.32. The standard InChI is InChI=1S/C16H23N3O2.HI/c1-12-5-7-19(8-6-12)16(17-2)18-10-13-3-4-14-15(9-13)21-11-20-14;/h3-4,9,12H,5-8,10-11H2,1-2H3,(H,17,18);1H. The van der Waals surface area contributed by atoms with Crippen molar-refractivity contribution in [2.24, 2.45) is 10.9 Å². The first-order chi connectivity index (χ1) is 10.3. The number of hydrogen-bond acceptors (Lipinski definition) is 3. The average molecular weight is 417 g/mol. The number of nitrogens with one attached hydrogen (secondary N) is 1. The van der Waals surface area contributed by atoms with Crippen molar-refractivity contribution in [2.75, 3.05) is 26.9 Å². The third-order valence-corrected chi connectivity index (χ3v) is 4.18. The van der Waals surface area contributed by atoms with Gasteiger partial charge in [-0.05, 0) is 36.5 Å². The minimum atomic E-state index is 0. The molecule has 5 nitrogen and oxygen atoms in total. The quantitative estimate of drug-likeness (QED) is 0.457. The van der Waals surface area contributed by atoms with Crippen LogP contribution in [0.15, 0.2) is 23.2 Å². The van der Waals surface area contributed by atoms with E-state index in [-0.39, 0.29) is 24.0 Å². The Labute approximate surface area is 149 Å². The SMILES string of the molecule is CN=C(NCc1ccc2c(c1)OCO2)N1CCC(C)CC1.I. The Morgan fingerprint density at radius 1 is 1.27 bits per heavy atom. The molecule has 6 heteroatoms. The number of hydrogen-bond donors (Lipinski definition) is 1. The second-order valence-corrected chi connectivity index (χ2v) is 5.76. The third kappa shape index (κ3) is 3.97. The van der Waals surface area contributed by atoms with E-state index in [0.29, 0.717) is 6.79 Å². The molecule has 0 bridgehead atoms. The van der Waals surface area contributed by atoms with Crippen LogP contribution in [0, 0.1) is 5.92 Å². The predicted molar refractivity (Wildman–Crippen MR) is 98.1 cm³/mol. The minimum Gasteiger partial charge on any atom is -0.454 e. The summed E-state index contributed by atoms with van der Waals surface area (Å²) in [7, 11) is 1.85. The molecule has 2 heterocycles. The number of rotatable bonds is 2. The number of guanidine groups is 1. The van der Waals surface area contributed by atoms with E-state index < -0.39 is 0 Å². The number of halogens is 1. The smallest absolute Gasteiger partial charge is 0.231 e. The van der Waals surface area contributed by atoms with E-state index in [9.17, 15) is 0 Å². The normalized spacial score (nSPS) is 18.1. The molecule has 1 aromatic carbocycles. The van der Waals surface area contributed by atoms with Crippen LogP contribution in [0.3, 0.4) is 0 Å². The van der Waals surface area contributed by atoms with Gasteiger partial charge in [-0.3, -0.25) is 4.99 Å². The summed E-state index contributed by atoms with van der Waals surface area (Å²) >= 11 is 0. The first kappa shape index (κ1) is 17.2. The van der Waals surface area contributed by atoms with Crippen LogP contribution in [-0.2, 0) is 6.54 Å². The lowest BCUT2D eigenvalue weighted by Crippen LogP contribution is -2.45. The molecule has 2 aliphatic heterocycles. The lowest BCUT2D eigenvalue weighted by atomic mass is 9.99. The molecule has 2 aliphatic rings. The van der Waals surface area contributed by atoms with Gasteiger partial charge in [0.25, 0.3) is 0 Å². The van der Waals surface area contributed by atoms with Crippen molar-refractivity contribution in [3.05, 3.63) is 23.8 Å². The van der Waals surface area contributed by atoms with Gasteiger partial charge in [-0.25, -0.2) is 0 Å². The number of ether oxygens (including phenoxy) is 2. The number of fused-ring (bicyclic) bond motifs is 1. The van der Waals surface area contributed by atoms with Gasteiger partial charge in [-0.15, -0.1) is 24.0 Å². The molecule has 0 saturated carbocycles. The van der Waals surface area contributed by atoms with Gasteiger partial charge in [0.1, 0.15) is 0 Å². The Morgan fingerprint density at radius 2 is 2.00 bits per heavy atom. The highest BCUT2D eigenvalue weighted by Gasteiger charge is 2.19. The van der Waals surface area contributed by atoms with Gasteiger partial charge in [-0.2, -0.15) is 0 Å². The molecule has 1 saturated heterocycles. The fourth-order valence-electron chi connectivity index (χ4n) is 2.78. The number of aliphatic imine (C=N–C) groups is 1. The number of benzene rings is 1. The monoisotopic (exact) mass is 417 g/mol. The zero-order valence-electron chi connectivity index (χ0n) is 13.2. The second kappa shape index (κ2) is 7.89. The molecule has 3 rings (SSSR count). The zero-order valence-corrected chi connectivity index (χ0v) is 15.5. The van der Waals surface area contributed by atoms with Crippen molar-refractivity contribution in [2.45, 2.75) is 26.3 Å². The van der Waals surface area contributed by atoms with E-state index in [2.05, 4.69) is 28.2 Å². The van der Waals surface area contributed by atoms with E-state index in [0.717, 1.165) is 43.0 Å². The number of piperidine rings is 1. The molecule has 0 atom stereocenters. The van der Waals surface area contributed by atoms with Crippen LogP contribution < -0.4 is 14.8 Å². The van der Waals surface area contributed by atoms with E-state index in [1.165, 1.54) is 18.4 Å². The zero-order chi connectivity index (χ0) is 14.7. The van der Waals surface area contributed by atoms with Gasteiger partial charge in [0.15, 0.2) is 17.5 Å². The first-order valence-electron chi connectivity index (χ1n) is 7.60. The lowest BCUT2D eigenvalue weighted by molar-refractivity contribution is 0.174. The van der Waals surface area contributed by atoms with Crippen LogP contribution in [-0.4, -0.2) is 37.8 Å². The molecule has 0 radical (unpaired) electrons. The second-order valence-electron chi connectivity index (χ2n) is 5.76. The summed E-state index contributed by atoms with van der Waals surface area (Å²) in [5.41, 5.74) is 1.17. The molecule has 0 amide bonds. The summed E-state index contributed by atoms with van der Waals surface area (Å²) < 4.78 is 10.7. The van der Waals surface area contributed by atoms with Gasteiger partial charge in [-0.1, -0.05) is 13.0 Å². The Balaban J connectivity index is 0.00000176. The topological polar surface area (TPSA) is 46.1 Å². The Hall–Kier alpha value is -1.18. The van der Waals surface area contributed by atoms with Crippen molar-refractivity contribution >= 4 is 29.9 Å². The van der Waals surface area contributed by atoms with E-state index in [1.54, 1.807) is 0 Å². The Kier molecular flexibility index (Phi) is 6.16. The molecule has 0 aliphatic carbocycles. The van der Waals surface area contributed by atoms with Crippen molar-refractivity contribution in [3.63, 3.8) is 0 Å². The Morgan fingerprint density at radius 3 is 2.73 bits per heavy atom. The summed E-state index contributed by atoms with van der Waals surface area (Å²) in [6.07, 6.45) is 2.48. The van der Waals surface area contributed by atoms with Crippen molar-refractivity contribution in [1.82, 2.24) is 10.2 Å². The van der Waals surface area contributed by atoms with Crippen LogP contribution in [0.5, 0.6) is 11.5 Å². The van der Waals surface area contributed by atoms with Crippen molar-refractivity contribution < 1.29 is 9.47 Å². The maximum absolute atomic E-state index is 5.41. The minimum absolute atomic E-state index is 0. The maximum atomic E-state index is 5.41. The number of nitrogens with zero attached hydrogens (tertiary/aromatic N) is 2. The highest BCUT2D eigenvalue weighted by molar-refractivity contribution is 14.0. The molecule has 122 valence electrons. The van der Waals surface area contributed by atoms with Gasteiger partial charge in [0.2, 0.25) is 6.79 Å². The van der Waals surface area contributed by atoms with E-state index in [1.807, 2.05) is 19.2 Å². The molecule has 0 aromatic heterocycles. The van der Waals surface area contributed by atoms with Gasteiger partial charge in [0.05, 0.1) is 0 Å². The average Bonchev–Trinajstić information content (AvgIpc) is 2.97. The lowest BCUT2D eigenvalue weighted by Gasteiger charge is -2.32. The molecule has 0 unspecified atom stereocenters. The van der Waals surface area contributed by atoms with Gasteiger partial charge < -0.3 is 19.7 Å². The maximum Gasteiger partial charge on any atom is 0.231 e. The molecule has 22 heavy (non-hydrogen) atoms. The summed E-state index contributed by atoms with van der Waals surface area (Å²) in [5, 5.41) is 3.44. The third-order valence-electron chi connectivity index (χ3n) is 4.18. The molecule has 0 spiro atoms. The van der Waals surface area contributed by atoms with E-state index >= 15 is 0 Å². The van der Waals surface area contributed by atoms with Crippen LogP contribution in [0.2, 0.25) is 0 Å². The van der Waals surface area contributed by atoms with E-state index in [4.69, 9.17) is 9.47 Å². The van der Waals surface area contributed by atoms with Crippen LogP contribution >= 0.6 is 24.0 Å². The highest BCUT2D eigenvalue weighted by atomic mass is 127.